The number of nitrogens with one attached hydrogen (secondary N) is 1. The Hall–Kier alpha value is -3.06. The highest BCUT2D eigenvalue weighted by atomic mass is 32.1. The van der Waals surface area contributed by atoms with Crippen LogP contribution in [0.25, 0.3) is 11.3 Å². The van der Waals surface area contributed by atoms with Crippen molar-refractivity contribution in [3.8, 4) is 22.8 Å². The SMILES string of the molecule is COc1ccc(-c2nc(Nc3ccccc3OC)sc2CC(=O)O)cc1. The van der Waals surface area contributed by atoms with Gasteiger partial charge < -0.3 is 19.9 Å². The number of carboxylic acid groups (broad SMARTS) is 1. The van der Waals surface area contributed by atoms with Crippen LogP contribution in [-0.4, -0.2) is 30.3 Å². The molecule has 0 spiro atoms. The number of anilines is 2. The molecule has 2 aromatic carbocycles. The standard InChI is InChI=1S/C19H18N2O4S/c1-24-13-9-7-12(8-10-13)18-16(11-17(22)23)26-19(21-18)20-14-5-3-4-6-15(14)25-2/h3-10H,11H2,1-2H3,(H,20,21)(H,22,23). The third-order valence-corrected chi connectivity index (χ3v) is 4.69. The maximum Gasteiger partial charge on any atom is 0.308 e. The molecule has 7 heteroatoms. The summed E-state index contributed by atoms with van der Waals surface area (Å²) in [5, 5.41) is 13.0. The van der Waals surface area contributed by atoms with Crippen molar-refractivity contribution in [2.75, 3.05) is 19.5 Å². The normalized spacial score (nSPS) is 10.4. The van der Waals surface area contributed by atoms with Crippen LogP contribution in [0.3, 0.4) is 0 Å². The fourth-order valence-electron chi connectivity index (χ4n) is 2.50. The van der Waals surface area contributed by atoms with Gasteiger partial charge in [0.1, 0.15) is 11.5 Å². The van der Waals surface area contributed by atoms with E-state index in [2.05, 4.69) is 10.3 Å². The van der Waals surface area contributed by atoms with Gasteiger partial charge in [0.25, 0.3) is 0 Å². The zero-order valence-corrected chi connectivity index (χ0v) is 15.2. The molecule has 3 aromatic rings. The molecule has 0 amide bonds. The van der Waals surface area contributed by atoms with Gasteiger partial charge in [-0.3, -0.25) is 4.79 Å². The molecule has 1 heterocycles. The summed E-state index contributed by atoms with van der Waals surface area (Å²) in [5.41, 5.74) is 2.26. The predicted molar refractivity (Wildman–Crippen MR) is 102 cm³/mol. The molecule has 0 unspecified atom stereocenters. The molecule has 0 saturated carbocycles. The third kappa shape index (κ3) is 3.94. The van der Waals surface area contributed by atoms with Gasteiger partial charge in [0.05, 0.1) is 32.0 Å². The van der Waals surface area contributed by atoms with E-state index < -0.39 is 5.97 Å². The lowest BCUT2D eigenvalue weighted by atomic mass is 10.1. The molecule has 6 nitrogen and oxygen atoms in total. The van der Waals surface area contributed by atoms with Gasteiger partial charge >= 0.3 is 5.97 Å². The molecular weight excluding hydrogens is 352 g/mol. The number of carbonyl (C=O) groups is 1. The number of nitrogens with zero attached hydrogens (tertiary/aromatic N) is 1. The monoisotopic (exact) mass is 370 g/mol. The van der Waals surface area contributed by atoms with Crippen LogP contribution in [0.5, 0.6) is 11.5 Å². The lowest BCUT2D eigenvalue weighted by Crippen LogP contribution is -1.99. The molecule has 2 N–H and O–H groups in total. The van der Waals surface area contributed by atoms with E-state index in [9.17, 15) is 9.90 Å². The first-order valence-electron chi connectivity index (χ1n) is 7.86. The first-order chi connectivity index (χ1) is 12.6. The van der Waals surface area contributed by atoms with Crippen molar-refractivity contribution in [2.24, 2.45) is 0 Å². The fourth-order valence-corrected chi connectivity index (χ4v) is 3.49. The summed E-state index contributed by atoms with van der Waals surface area (Å²) >= 11 is 1.32. The minimum Gasteiger partial charge on any atom is -0.497 e. The van der Waals surface area contributed by atoms with E-state index in [1.807, 2.05) is 48.5 Å². The highest BCUT2D eigenvalue weighted by Gasteiger charge is 2.17. The summed E-state index contributed by atoms with van der Waals surface area (Å²) in [7, 11) is 3.20. The van der Waals surface area contributed by atoms with Gasteiger partial charge in [-0.1, -0.05) is 12.1 Å². The van der Waals surface area contributed by atoms with Crippen LogP contribution in [0.15, 0.2) is 48.5 Å². The molecule has 0 aliphatic carbocycles. The maximum absolute atomic E-state index is 11.2. The molecule has 0 aliphatic rings. The molecule has 0 aliphatic heterocycles. The smallest absolute Gasteiger partial charge is 0.308 e. The topological polar surface area (TPSA) is 80.7 Å². The number of methoxy groups -OCH3 is 2. The molecule has 0 fully saturated rings. The van der Waals surface area contributed by atoms with E-state index in [0.29, 0.717) is 21.5 Å². The summed E-state index contributed by atoms with van der Waals surface area (Å²) in [6, 6.07) is 14.9. The number of rotatable bonds is 7. The number of hydrogen-bond donors (Lipinski definition) is 2. The molecule has 1 aromatic heterocycles. The van der Waals surface area contributed by atoms with Crippen LogP contribution in [0, 0.1) is 0 Å². The fraction of sp³-hybridized carbons (Fsp3) is 0.158. The summed E-state index contributed by atoms with van der Waals surface area (Å²) in [6.07, 6.45) is -0.0906. The van der Waals surface area contributed by atoms with E-state index in [-0.39, 0.29) is 6.42 Å². The first kappa shape index (κ1) is 17.8. The molecule has 0 saturated heterocycles. The van der Waals surface area contributed by atoms with Crippen molar-refractivity contribution in [1.82, 2.24) is 4.98 Å². The molecule has 0 radical (unpaired) electrons. The Morgan fingerprint density at radius 3 is 2.50 bits per heavy atom. The van der Waals surface area contributed by atoms with E-state index in [4.69, 9.17) is 9.47 Å². The average molecular weight is 370 g/mol. The Balaban J connectivity index is 1.97. The van der Waals surface area contributed by atoms with Crippen molar-refractivity contribution in [1.29, 1.82) is 0 Å². The minimum absolute atomic E-state index is 0.0906. The molecule has 0 atom stereocenters. The Bertz CT molecular complexity index is 906. The summed E-state index contributed by atoms with van der Waals surface area (Å²) in [4.78, 5) is 16.5. The van der Waals surface area contributed by atoms with E-state index in [1.54, 1.807) is 14.2 Å². The molecule has 26 heavy (non-hydrogen) atoms. The molecule has 134 valence electrons. The van der Waals surface area contributed by atoms with Gasteiger partial charge in [0.15, 0.2) is 5.13 Å². The summed E-state index contributed by atoms with van der Waals surface area (Å²) in [5.74, 6) is 0.525. The summed E-state index contributed by atoms with van der Waals surface area (Å²) in [6.45, 7) is 0. The second kappa shape index (κ2) is 7.88. The quantitative estimate of drug-likeness (QED) is 0.649. The van der Waals surface area contributed by atoms with Crippen LogP contribution in [0.4, 0.5) is 10.8 Å². The number of aliphatic carboxylic acids is 1. The van der Waals surface area contributed by atoms with E-state index in [0.717, 1.165) is 17.0 Å². The number of thiazole rings is 1. The van der Waals surface area contributed by atoms with Crippen LogP contribution >= 0.6 is 11.3 Å². The number of carboxylic acids is 1. The van der Waals surface area contributed by atoms with Gasteiger partial charge in [-0.2, -0.15) is 0 Å². The zero-order valence-electron chi connectivity index (χ0n) is 14.4. The number of aromatic nitrogens is 1. The highest BCUT2D eigenvalue weighted by Crippen LogP contribution is 2.35. The molecular formula is C19H18N2O4S. The zero-order chi connectivity index (χ0) is 18.5. The van der Waals surface area contributed by atoms with Gasteiger partial charge in [-0.25, -0.2) is 4.98 Å². The van der Waals surface area contributed by atoms with Crippen molar-refractivity contribution in [3.05, 3.63) is 53.4 Å². The lowest BCUT2D eigenvalue weighted by molar-refractivity contribution is -0.136. The largest absolute Gasteiger partial charge is 0.497 e. The highest BCUT2D eigenvalue weighted by molar-refractivity contribution is 7.16. The lowest BCUT2D eigenvalue weighted by Gasteiger charge is -2.08. The second-order valence-corrected chi connectivity index (χ2v) is 6.50. The number of para-hydroxylation sites is 2. The van der Waals surface area contributed by atoms with Crippen molar-refractivity contribution in [3.63, 3.8) is 0 Å². The Morgan fingerprint density at radius 1 is 1.12 bits per heavy atom. The first-order valence-corrected chi connectivity index (χ1v) is 8.68. The Morgan fingerprint density at radius 2 is 1.85 bits per heavy atom. The van der Waals surface area contributed by atoms with Gasteiger partial charge in [-0.15, -0.1) is 11.3 Å². The van der Waals surface area contributed by atoms with Gasteiger partial charge in [0.2, 0.25) is 0 Å². The van der Waals surface area contributed by atoms with Gasteiger partial charge in [-0.05, 0) is 36.4 Å². The predicted octanol–water partition coefficient (Wildman–Crippen LogP) is 4.20. The summed E-state index contributed by atoms with van der Waals surface area (Å²) < 4.78 is 10.5. The third-order valence-electron chi connectivity index (χ3n) is 3.72. The number of hydrogen-bond acceptors (Lipinski definition) is 6. The van der Waals surface area contributed by atoms with E-state index in [1.165, 1.54) is 11.3 Å². The van der Waals surface area contributed by atoms with Crippen molar-refractivity contribution < 1.29 is 19.4 Å². The molecule has 0 bridgehead atoms. The number of benzene rings is 2. The average Bonchev–Trinajstić information content (AvgIpc) is 3.03. The maximum atomic E-state index is 11.2. The van der Waals surface area contributed by atoms with Crippen molar-refractivity contribution >= 4 is 28.1 Å². The van der Waals surface area contributed by atoms with Crippen LogP contribution < -0.4 is 14.8 Å². The van der Waals surface area contributed by atoms with Crippen LogP contribution in [0.2, 0.25) is 0 Å². The minimum atomic E-state index is -0.896. The Labute approximate surface area is 155 Å². The number of ether oxygens (including phenoxy) is 2. The van der Waals surface area contributed by atoms with Crippen LogP contribution in [0.1, 0.15) is 4.88 Å². The van der Waals surface area contributed by atoms with Crippen LogP contribution in [-0.2, 0) is 11.2 Å². The van der Waals surface area contributed by atoms with Crippen molar-refractivity contribution in [2.45, 2.75) is 6.42 Å². The van der Waals surface area contributed by atoms with E-state index >= 15 is 0 Å². The van der Waals surface area contributed by atoms with Gasteiger partial charge in [0, 0.05) is 10.4 Å². The molecule has 3 rings (SSSR count). The second-order valence-electron chi connectivity index (χ2n) is 5.42. The Kier molecular flexibility index (Phi) is 5.38.